The average molecular weight is 705 g/mol. The molecule has 0 spiro atoms. The van der Waals surface area contributed by atoms with Crippen LogP contribution in [-0.2, 0) is 32.2 Å². The number of fused-ring (bicyclic) bond motifs is 2. The number of carbonyl (C=O) groups is 1. The van der Waals surface area contributed by atoms with Gasteiger partial charge in [0, 0.05) is 43.8 Å². The minimum absolute atomic E-state index is 0.0990. The summed E-state index contributed by atoms with van der Waals surface area (Å²) in [5.74, 6) is -0.331. The van der Waals surface area contributed by atoms with Gasteiger partial charge in [0.25, 0.3) is 0 Å². The average Bonchev–Trinajstić information content (AvgIpc) is 3.85. The fourth-order valence-electron chi connectivity index (χ4n) is 5.90. The molecule has 2 aliphatic heterocycles. The Morgan fingerprint density at radius 1 is 1.02 bits per heavy atom. The summed E-state index contributed by atoms with van der Waals surface area (Å²) in [6.45, 7) is 8.21. The van der Waals surface area contributed by atoms with Crippen molar-refractivity contribution >= 4 is 36.8 Å². The zero-order valence-corrected chi connectivity index (χ0v) is 29.1. The summed E-state index contributed by atoms with van der Waals surface area (Å²) in [4.78, 5) is 25.1. The summed E-state index contributed by atoms with van der Waals surface area (Å²) in [6.07, 6.45) is 2.88. The fraction of sp³-hybridized carbons (Fsp3) is 0.382. The first-order chi connectivity index (χ1) is 23.5. The van der Waals surface area contributed by atoms with Crippen molar-refractivity contribution in [3.05, 3.63) is 71.6 Å². The predicted molar refractivity (Wildman–Crippen MR) is 184 cm³/mol. The van der Waals surface area contributed by atoms with Gasteiger partial charge in [0.1, 0.15) is 25.0 Å². The van der Waals surface area contributed by atoms with E-state index in [-0.39, 0.29) is 26.4 Å². The molecule has 15 heteroatoms. The minimum atomic E-state index is -1.29. The molecule has 0 radical (unpaired) electrons. The number of imidazole rings is 1. The Morgan fingerprint density at radius 3 is 2.51 bits per heavy atom. The van der Waals surface area contributed by atoms with Crippen LogP contribution >= 0.6 is 11.6 Å². The summed E-state index contributed by atoms with van der Waals surface area (Å²) in [7, 11) is -1.29. The maximum Gasteiger partial charge on any atom is 0.307 e. The summed E-state index contributed by atoms with van der Waals surface area (Å²) < 4.78 is 27.4. The maximum atomic E-state index is 11.0. The predicted octanol–water partition coefficient (Wildman–Crippen LogP) is 4.84. The van der Waals surface area contributed by atoms with E-state index in [0.717, 1.165) is 22.7 Å². The maximum absolute atomic E-state index is 11.0. The molecule has 2 saturated heterocycles. The van der Waals surface area contributed by atoms with Gasteiger partial charge in [-0.1, -0.05) is 55.5 Å². The number of pyridine rings is 2. The number of aliphatic carboxylic acids is 1. The molecule has 0 amide bonds. The van der Waals surface area contributed by atoms with Crippen LogP contribution in [0.4, 0.5) is 0 Å². The second kappa shape index (κ2) is 13.6. The van der Waals surface area contributed by atoms with Gasteiger partial charge < -0.3 is 29.2 Å². The highest BCUT2D eigenvalue weighted by atomic mass is 35.5. The fourth-order valence-corrected chi connectivity index (χ4v) is 6.91. The number of carboxylic acid groups (broad SMARTS) is 1. The number of halogens is 1. The highest BCUT2D eigenvalue weighted by Crippen LogP contribution is 2.35. The molecule has 2 aliphatic rings. The van der Waals surface area contributed by atoms with Gasteiger partial charge in [-0.3, -0.25) is 9.36 Å². The Morgan fingerprint density at radius 2 is 1.78 bits per heavy atom. The van der Waals surface area contributed by atoms with E-state index in [1.165, 1.54) is 6.20 Å². The first kappa shape index (κ1) is 33.3. The van der Waals surface area contributed by atoms with Gasteiger partial charge >= 0.3 is 12.0 Å². The third-order valence-corrected chi connectivity index (χ3v) is 10.6. The van der Waals surface area contributed by atoms with Crippen LogP contribution in [0.15, 0.2) is 61.1 Å². The van der Waals surface area contributed by atoms with Gasteiger partial charge in [0.05, 0.1) is 42.1 Å². The second-order valence-electron chi connectivity index (χ2n) is 13.5. The lowest BCUT2D eigenvalue weighted by molar-refractivity contribution is -0.136. The number of benzene rings is 1. The van der Waals surface area contributed by atoms with Crippen molar-refractivity contribution in [3.63, 3.8) is 0 Å². The molecule has 49 heavy (non-hydrogen) atoms. The molecule has 7 rings (SSSR count). The van der Waals surface area contributed by atoms with Crippen LogP contribution in [0, 0.1) is 0 Å². The summed E-state index contributed by atoms with van der Waals surface area (Å²) >= 11 is 6.86. The lowest BCUT2D eigenvalue weighted by Crippen LogP contribution is -2.35. The van der Waals surface area contributed by atoms with E-state index in [1.54, 1.807) is 17.1 Å². The Bertz CT molecular complexity index is 1960. The van der Waals surface area contributed by atoms with E-state index in [2.05, 4.69) is 29.7 Å². The molecule has 13 nitrogen and oxygen atoms in total. The third kappa shape index (κ3) is 7.25. The molecule has 256 valence electrons. The monoisotopic (exact) mass is 704 g/mol. The summed E-state index contributed by atoms with van der Waals surface area (Å²) in [5, 5.41) is 23.9. The van der Waals surface area contributed by atoms with Crippen molar-refractivity contribution in [1.29, 1.82) is 0 Å². The van der Waals surface area contributed by atoms with Crippen molar-refractivity contribution in [2.24, 2.45) is 0 Å². The zero-order valence-electron chi connectivity index (χ0n) is 27.3. The molecule has 0 saturated carbocycles. The topological polar surface area (TPSA) is 156 Å². The largest absolute Gasteiger partial charge is 0.481 e. The standard InChI is InChI=1S/C34H37ClN6O7Si/c1-49(2,3)11-10-45-19-40-25-13-24(35)30(38-33(25)39-34(40)48-27-18-47-31-26(42)17-46-32(27)31)22-6-4-21(5-7-22)23-8-9-28(36-15-23)41-16-20(14-37-41)12-29(43)44/h4-9,13-16,26-27,31-32,42H,10-12,17-19H2,1-3H3,(H,43,44)/t26-,27-,31-,32-/m1/s1. The van der Waals surface area contributed by atoms with E-state index >= 15 is 0 Å². The van der Waals surface area contributed by atoms with Gasteiger partial charge in [0.2, 0.25) is 0 Å². The molecule has 4 aromatic heterocycles. The van der Waals surface area contributed by atoms with Crippen molar-refractivity contribution in [1.82, 2.24) is 29.3 Å². The number of rotatable bonds is 12. The van der Waals surface area contributed by atoms with Crippen LogP contribution in [0.2, 0.25) is 30.7 Å². The molecule has 2 N–H and O–H groups in total. The number of aliphatic hydroxyl groups excluding tert-OH is 1. The number of ether oxygens (including phenoxy) is 4. The third-order valence-electron chi connectivity index (χ3n) is 8.58. The molecule has 0 bridgehead atoms. The van der Waals surface area contributed by atoms with Gasteiger partial charge in [-0.2, -0.15) is 10.1 Å². The Hall–Kier alpha value is -4.18. The molecule has 0 unspecified atom stereocenters. The van der Waals surface area contributed by atoms with Gasteiger partial charge in [-0.25, -0.2) is 14.6 Å². The molecule has 5 aromatic rings. The molecule has 0 aliphatic carbocycles. The number of carboxylic acids is 1. The molecule has 2 fully saturated rings. The lowest BCUT2D eigenvalue weighted by atomic mass is 10.0. The van der Waals surface area contributed by atoms with Crippen LogP contribution in [-0.4, -0.2) is 97.8 Å². The highest BCUT2D eigenvalue weighted by Gasteiger charge is 2.49. The molecular weight excluding hydrogens is 668 g/mol. The van der Waals surface area contributed by atoms with E-state index in [9.17, 15) is 9.90 Å². The second-order valence-corrected chi connectivity index (χ2v) is 19.5. The quantitative estimate of drug-likeness (QED) is 0.135. The number of nitrogens with zero attached hydrogens (tertiary/aromatic N) is 6. The van der Waals surface area contributed by atoms with Crippen LogP contribution in [0.5, 0.6) is 6.01 Å². The van der Waals surface area contributed by atoms with Crippen molar-refractivity contribution < 1.29 is 34.0 Å². The van der Waals surface area contributed by atoms with Gasteiger partial charge in [-0.05, 0) is 29.8 Å². The minimum Gasteiger partial charge on any atom is -0.481 e. The Labute approximate surface area is 288 Å². The number of aliphatic hydroxyl groups is 1. The molecule has 1 aromatic carbocycles. The van der Waals surface area contributed by atoms with E-state index in [0.29, 0.717) is 45.9 Å². The number of hydrogen-bond acceptors (Lipinski definition) is 10. The van der Waals surface area contributed by atoms with Crippen LogP contribution in [0.25, 0.3) is 39.4 Å². The first-order valence-corrected chi connectivity index (χ1v) is 20.2. The smallest absolute Gasteiger partial charge is 0.307 e. The SMILES string of the molecule is C[Si](C)(C)CCOCn1c(O[C@@H]2CO[C@H]3[C@@H]2OC[C@H]3O)nc2nc(-c3ccc(-c4ccc(-n5cc(CC(=O)O)cn5)nc4)cc3)c(Cl)cc21. The first-order valence-electron chi connectivity index (χ1n) is 16.1. The lowest BCUT2D eigenvalue weighted by Gasteiger charge is -2.19. The van der Waals surface area contributed by atoms with Gasteiger partial charge in [-0.15, -0.1) is 0 Å². The van der Waals surface area contributed by atoms with E-state index in [1.807, 2.05) is 47.0 Å². The van der Waals surface area contributed by atoms with E-state index < -0.39 is 38.5 Å². The molecule has 4 atom stereocenters. The number of aromatic nitrogens is 6. The Kier molecular flexibility index (Phi) is 9.26. The van der Waals surface area contributed by atoms with Crippen LogP contribution in [0.1, 0.15) is 5.56 Å². The highest BCUT2D eigenvalue weighted by molar-refractivity contribution is 6.76. The Balaban J connectivity index is 1.12. The van der Waals surface area contributed by atoms with E-state index in [4.69, 9.17) is 45.6 Å². The summed E-state index contributed by atoms with van der Waals surface area (Å²) in [6, 6.07) is 14.8. The van der Waals surface area contributed by atoms with Gasteiger partial charge in [0.15, 0.2) is 17.6 Å². The number of hydrogen-bond donors (Lipinski definition) is 2. The van der Waals surface area contributed by atoms with Crippen LogP contribution in [0.3, 0.4) is 0 Å². The molecule has 6 heterocycles. The van der Waals surface area contributed by atoms with Crippen molar-refractivity contribution in [2.45, 2.75) is 63.3 Å². The summed E-state index contributed by atoms with van der Waals surface area (Å²) in [5.41, 5.74) is 4.96. The van der Waals surface area contributed by atoms with Crippen molar-refractivity contribution in [3.8, 4) is 34.2 Å². The normalized spacial score (nSPS) is 20.6. The zero-order chi connectivity index (χ0) is 34.3. The van der Waals surface area contributed by atoms with Crippen molar-refractivity contribution in [2.75, 3.05) is 19.8 Å². The van der Waals surface area contributed by atoms with Crippen LogP contribution < -0.4 is 4.74 Å². The molecular formula is C34H37ClN6O7Si.